The van der Waals surface area contributed by atoms with E-state index in [4.69, 9.17) is 4.74 Å². The molecule has 1 aromatic heterocycles. The second kappa shape index (κ2) is 9.14. The van der Waals surface area contributed by atoms with Crippen molar-refractivity contribution < 1.29 is 22.7 Å². The molecule has 29 heavy (non-hydrogen) atoms. The standard InChI is InChI=1S/C18H15F3N4O2S2/c1-27-14-9-5-4-8-13(14)23-16-24-25-17(29-16)28-10-15(26)22-12-7-3-2-6-11(12)18(19,20)21/h2-9H,10H2,1H3,(H,22,26)(H,23,24). The van der Waals surface area contributed by atoms with Crippen LogP contribution in [0.2, 0.25) is 0 Å². The molecule has 0 bridgehead atoms. The number of ether oxygens (including phenoxy) is 1. The van der Waals surface area contributed by atoms with Gasteiger partial charge in [-0.15, -0.1) is 10.2 Å². The molecule has 0 fully saturated rings. The molecule has 6 nitrogen and oxygen atoms in total. The molecular formula is C18H15F3N4O2S2. The van der Waals surface area contributed by atoms with Crippen LogP contribution in [0.25, 0.3) is 0 Å². The van der Waals surface area contributed by atoms with Crippen LogP contribution in [0.3, 0.4) is 0 Å². The molecule has 0 aliphatic carbocycles. The van der Waals surface area contributed by atoms with Crippen molar-refractivity contribution in [2.75, 3.05) is 23.5 Å². The normalized spacial score (nSPS) is 11.2. The smallest absolute Gasteiger partial charge is 0.418 e. The maximum Gasteiger partial charge on any atom is 0.418 e. The lowest BCUT2D eigenvalue weighted by atomic mass is 10.1. The number of carbonyl (C=O) groups excluding carboxylic acids is 1. The fraction of sp³-hybridized carbons (Fsp3) is 0.167. The highest BCUT2D eigenvalue weighted by molar-refractivity contribution is 8.01. The third kappa shape index (κ3) is 5.61. The predicted octanol–water partition coefficient (Wildman–Crippen LogP) is 5.04. The number of anilines is 3. The molecule has 3 aromatic rings. The minimum Gasteiger partial charge on any atom is -0.495 e. The number of hydrogen-bond donors (Lipinski definition) is 2. The van der Waals surface area contributed by atoms with Gasteiger partial charge in [0.1, 0.15) is 5.75 Å². The topological polar surface area (TPSA) is 76.1 Å². The fourth-order valence-corrected chi connectivity index (χ4v) is 3.90. The van der Waals surface area contributed by atoms with E-state index in [1.165, 1.54) is 29.5 Å². The van der Waals surface area contributed by atoms with E-state index < -0.39 is 17.6 Å². The molecule has 0 atom stereocenters. The third-order valence-electron chi connectivity index (χ3n) is 3.59. The summed E-state index contributed by atoms with van der Waals surface area (Å²) in [4.78, 5) is 12.1. The van der Waals surface area contributed by atoms with Crippen molar-refractivity contribution in [2.24, 2.45) is 0 Å². The van der Waals surface area contributed by atoms with E-state index >= 15 is 0 Å². The van der Waals surface area contributed by atoms with Crippen LogP contribution in [0.15, 0.2) is 52.9 Å². The second-order valence-electron chi connectivity index (χ2n) is 5.58. The lowest BCUT2D eigenvalue weighted by Crippen LogP contribution is -2.18. The summed E-state index contributed by atoms with van der Waals surface area (Å²) in [5.74, 6) is -0.0316. The summed E-state index contributed by atoms with van der Waals surface area (Å²) in [5.41, 5.74) is -0.455. The molecule has 0 saturated heterocycles. The van der Waals surface area contributed by atoms with Crippen molar-refractivity contribution in [1.29, 1.82) is 0 Å². The van der Waals surface area contributed by atoms with Crippen LogP contribution < -0.4 is 15.4 Å². The molecule has 2 N–H and O–H groups in total. The number of hydrogen-bond acceptors (Lipinski definition) is 7. The average Bonchev–Trinajstić information content (AvgIpc) is 3.14. The summed E-state index contributed by atoms with van der Waals surface area (Å²) >= 11 is 2.30. The molecule has 1 heterocycles. The first kappa shape index (κ1) is 20.9. The molecule has 0 unspecified atom stereocenters. The highest BCUT2D eigenvalue weighted by Crippen LogP contribution is 2.35. The molecule has 0 radical (unpaired) electrons. The molecule has 3 rings (SSSR count). The van der Waals surface area contributed by atoms with Gasteiger partial charge >= 0.3 is 6.18 Å². The molecule has 0 aliphatic heterocycles. The highest BCUT2D eigenvalue weighted by atomic mass is 32.2. The van der Waals surface area contributed by atoms with E-state index in [9.17, 15) is 18.0 Å². The Balaban J connectivity index is 1.58. The highest BCUT2D eigenvalue weighted by Gasteiger charge is 2.33. The van der Waals surface area contributed by atoms with Crippen LogP contribution in [-0.4, -0.2) is 29.0 Å². The van der Waals surface area contributed by atoms with Crippen molar-refractivity contribution >= 4 is 45.5 Å². The van der Waals surface area contributed by atoms with Gasteiger partial charge in [0.25, 0.3) is 0 Å². The quantitative estimate of drug-likeness (QED) is 0.502. The Morgan fingerprint density at radius 3 is 2.52 bits per heavy atom. The number of alkyl halides is 3. The zero-order valence-corrected chi connectivity index (χ0v) is 16.6. The van der Waals surface area contributed by atoms with Gasteiger partial charge in [-0.3, -0.25) is 4.79 Å². The van der Waals surface area contributed by atoms with Crippen molar-refractivity contribution in [1.82, 2.24) is 10.2 Å². The number of nitrogens with zero attached hydrogens (tertiary/aromatic N) is 2. The number of rotatable bonds is 7. The number of thioether (sulfide) groups is 1. The second-order valence-corrected chi connectivity index (χ2v) is 7.78. The van der Waals surface area contributed by atoms with E-state index in [0.29, 0.717) is 20.9 Å². The minimum atomic E-state index is -4.55. The van der Waals surface area contributed by atoms with Gasteiger partial charge in [0.15, 0.2) is 4.34 Å². The number of nitrogens with one attached hydrogen (secondary N) is 2. The van der Waals surface area contributed by atoms with Gasteiger partial charge < -0.3 is 15.4 Å². The van der Waals surface area contributed by atoms with E-state index in [0.717, 1.165) is 17.8 Å². The van der Waals surface area contributed by atoms with Gasteiger partial charge in [-0.25, -0.2) is 0 Å². The summed E-state index contributed by atoms with van der Waals surface area (Å²) in [5, 5.41) is 13.8. The molecule has 0 spiro atoms. The lowest BCUT2D eigenvalue weighted by molar-refractivity contribution is -0.137. The van der Waals surface area contributed by atoms with Gasteiger partial charge in [0.2, 0.25) is 11.0 Å². The molecule has 2 aromatic carbocycles. The maximum atomic E-state index is 13.0. The van der Waals surface area contributed by atoms with Gasteiger partial charge in [0, 0.05) is 0 Å². The lowest BCUT2D eigenvalue weighted by Gasteiger charge is -2.13. The summed E-state index contributed by atoms with van der Waals surface area (Å²) in [6.45, 7) is 0. The number of aromatic nitrogens is 2. The van der Waals surface area contributed by atoms with Gasteiger partial charge in [0.05, 0.1) is 29.8 Å². The number of halogens is 3. The largest absolute Gasteiger partial charge is 0.495 e. The summed E-state index contributed by atoms with van der Waals surface area (Å²) in [7, 11) is 1.55. The molecule has 11 heteroatoms. The third-order valence-corrected chi connectivity index (χ3v) is 5.56. The van der Waals surface area contributed by atoms with E-state index in [2.05, 4.69) is 20.8 Å². The van der Waals surface area contributed by atoms with Crippen molar-refractivity contribution in [3.8, 4) is 5.75 Å². The Bertz CT molecular complexity index is 995. The Morgan fingerprint density at radius 1 is 1.10 bits per heavy atom. The van der Waals surface area contributed by atoms with Crippen LogP contribution in [0.1, 0.15) is 5.56 Å². The summed E-state index contributed by atoms with van der Waals surface area (Å²) < 4.78 is 44.7. The zero-order valence-electron chi connectivity index (χ0n) is 15.0. The number of methoxy groups -OCH3 is 1. The van der Waals surface area contributed by atoms with Crippen LogP contribution in [0.5, 0.6) is 5.75 Å². The summed E-state index contributed by atoms with van der Waals surface area (Å²) in [6, 6.07) is 12.1. The number of benzene rings is 2. The van der Waals surface area contributed by atoms with Crippen LogP contribution in [0, 0.1) is 0 Å². The van der Waals surface area contributed by atoms with E-state index in [1.54, 1.807) is 13.2 Å². The van der Waals surface area contributed by atoms with Crippen molar-refractivity contribution in [2.45, 2.75) is 10.5 Å². The summed E-state index contributed by atoms with van der Waals surface area (Å²) in [6.07, 6.45) is -4.55. The van der Waals surface area contributed by atoms with Gasteiger partial charge in [-0.1, -0.05) is 47.4 Å². The Hall–Kier alpha value is -2.79. The SMILES string of the molecule is COc1ccccc1Nc1nnc(SCC(=O)Nc2ccccc2C(F)(F)F)s1. The van der Waals surface area contributed by atoms with Crippen LogP contribution in [0.4, 0.5) is 29.7 Å². The first-order chi connectivity index (χ1) is 13.9. The molecule has 1 amide bonds. The fourth-order valence-electron chi connectivity index (χ4n) is 2.33. The molecular weight excluding hydrogens is 425 g/mol. The Morgan fingerprint density at radius 2 is 1.79 bits per heavy atom. The zero-order chi connectivity index (χ0) is 20.9. The van der Waals surface area contributed by atoms with Gasteiger partial charge in [-0.05, 0) is 24.3 Å². The molecule has 152 valence electrons. The van der Waals surface area contributed by atoms with Gasteiger partial charge in [-0.2, -0.15) is 13.2 Å². The first-order valence-corrected chi connectivity index (χ1v) is 9.99. The van der Waals surface area contributed by atoms with E-state index in [-0.39, 0.29) is 11.4 Å². The predicted molar refractivity (Wildman–Crippen MR) is 107 cm³/mol. The van der Waals surface area contributed by atoms with E-state index in [1.807, 2.05) is 18.2 Å². The monoisotopic (exact) mass is 440 g/mol. The Labute approximate surface area is 172 Å². The average molecular weight is 440 g/mol. The maximum absolute atomic E-state index is 13.0. The van der Waals surface area contributed by atoms with Crippen molar-refractivity contribution in [3.63, 3.8) is 0 Å². The number of carbonyl (C=O) groups is 1. The van der Waals surface area contributed by atoms with Crippen LogP contribution >= 0.6 is 23.1 Å². The number of para-hydroxylation sites is 3. The molecule has 0 saturated carbocycles. The van der Waals surface area contributed by atoms with Crippen molar-refractivity contribution in [3.05, 3.63) is 54.1 Å². The van der Waals surface area contributed by atoms with Crippen LogP contribution in [-0.2, 0) is 11.0 Å². The number of amides is 1. The first-order valence-electron chi connectivity index (χ1n) is 8.19. The minimum absolute atomic E-state index is 0.102. The Kier molecular flexibility index (Phi) is 6.60. The molecule has 0 aliphatic rings.